The summed E-state index contributed by atoms with van der Waals surface area (Å²) in [5.74, 6) is -1.55. The molecule has 0 amide bonds. The van der Waals surface area contributed by atoms with E-state index in [-0.39, 0.29) is 0 Å². The molecule has 2 rings (SSSR count). The minimum absolute atomic E-state index is 0.343. The van der Waals surface area contributed by atoms with Gasteiger partial charge in [-0.1, -0.05) is 26.7 Å². The molecular weight excluding hydrogens is 348 g/mol. The molecule has 0 N–H and O–H groups in total. The number of hydrogen-bond acceptors (Lipinski definition) is 2. The van der Waals surface area contributed by atoms with Gasteiger partial charge in [-0.3, -0.25) is 0 Å². The number of halogens is 4. The molecule has 154 valence electrons. The lowest BCUT2D eigenvalue weighted by Gasteiger charge is -2.43. The van der Waals surface area contributed by atoms with Gasteiger partial charge in [0.1, 0.15) is 12.3 Å². The van der Waals surface area contributed by atoms with Crippen molar-refractivity contribution in [2.24, 2.45) is 11.8 Å². The maximum atomic E-state index is 14.7. The quantitative estimate of drug-likeness (QED) is 0.386. The van der Waals surface area contributed by atoms with E-state index in [2.05, 4.69) is 6.92 Å². The van der Waals surface area contributed by atoms with Crippen LogP contribution in [0.15, 0.2) is 0 Å². The lowest BCUT2D eigenvalue weighted by atomic mass is 9.69. The van der Waals surface area contributed by atoms with Gasteiger partial charge >= 0.3 is 0 Å². The Morgan fingerprint density at radius 2 is 1.12 bits per heavy atom. The third-order valence-corrected chi connectivity index (χ3v) is 5.87. The summed E-state index contributed by atoms with van der Waals surface area (Å²) in [4.78, 5) is 0. The van der Waals surface area contributed by atoms with Gasteiger partial charge in [0.25, 0.3) is 0 Å². The number of unbranched alkanes of at least 4 members (excludes halogenated alkanes) is 2. The third-order valence-electron chi connectivity index (χ3n) is 5.87. The zero-order valence-electron chi connectivity index (χ0n) is 16.0. The van der Waals surface area contributed by atoms with Crippen LogP contribution < -0.4 is 0 Å². The fourth-order valence-corrected chi connectivity index (χ4v) is 4.34. The fraction of sp³-hybridized carbons (Fsp3) is 1.00. The van der Waals surface area contributed by atoms with E-state index in [1.54, 1.807) is 0 Å². The molecular formula is C20H34F4O2. The van der Waals surface area contributed by atoms with Gasteiger partial charge in [-0.25, -0.2) is 17.6 Å². The highest BCUT2D eigenvalue weighted by Crippen LogP contribution is 2.44. The number of alkyl halides is 4. The van der Waals surface area contributed by atoms with E-state index in [1.807, 2.05) is 6.92 Å². The standard InChI is InChI=1S/C20H34F4O2/c1-3-5-6-12-26-16-10-8-14(18(22)20(16)24)13-7-9-15(25-11-4-2)19(23)17(13)21/h13-20H,3-12H2,1-2H3. The molecule has 0 aromatic heterocycles. The summed E-state index contributed by atoms with van der Waals surface area (Å²) in [5, 5.41) is 0. The van der Waals surface area contributed by atoms with Crippen LogP contribution in [0.5, 0.6) is 0 Å². The van der Waals surface area contributed by atoms with Crippen LogP contribution in [0.3, 0.4) is 0 Å². The van der Waals surface area contributed by atoms with Crippen LogP contribution in [0.25, 0.3) is 0 Å². The van der Waals surface area contributed by atoms with E-state index in [0.29, 0.717) is 38.9 Å². The molecule has 2 fully saturated rings. The van der Waals surface area contributed by atoms with Crippen molar-refractivity contribution in [3.05, 3.63) is 0 Å². The van der Waals surface area contributed by atoms with E-state index in [1.165, 1.54) is 0 Å². The maximum absolute atomic E-state index is 14.7. The van der Waals surface area contributed by atoms with Crippen molar-refractivity contribution in [1.29, 1.82) is 0 Å². The molecule has 2 aliphatic rings. The molecule has 8 unspecified atom stereocenters. The van der Waals surface area contributed by atoms with Crippen molar-refractivity contribution < 1.29 is 27.0 Å². The average Bonchev–Trinajstić information content (AvgIpc) is 2.64. The lowest BCUT2D eigenvalue weighted by molar-refractivity contribution is -0.122. The van der Waals surface area contributed by atoms with Gasteiger partial charge in [-0.05, 0) is 50.4 Å². The molecule has 0 aromatic carbocycles. The van der Waals surface area contributed by atoms with Crippen LogP contribution >= 0.6 is 0 Å². The van der Waals surface area contributed by atoms with Gasteiger partial charge in [0.2, 0.25) is 0 Å². The van der Waals surface area contributed by atoms with Crippen molar-refractivity contribution in [2.75, 3.05) is 13.2 Å². The number of rotatable bonds is 9. The van der Waals surface area contributed by atoms with E-state index >= 15 is 0 Å². The Balaban J connectivity index is 1.88. The number of ether oxygens (including phenoxy) is 2. The van der Waals surface area contributed by atoms with Gasteiger partial charge in [0.15, 0.2) is 12.3 Å². The first-order valence-corrected chi connectivity index (χ1v) is 10.3. The molecule has 2 aliphatic carbocycles. The molecule has 0 aliphatic heterocycles. The van der Waals surface area contributed by atoms with Crippen LogP contribution in [-0.2, 0) is 9.47 Å². The van der Waals surface area contributed by atoms with Crippen LogP contribution in [0.1, 0.15) is 65.2 Å². The predicted molar refractivity (Wildman–Crippen MR) is 94.3 cm³/mol. The summed E-state index contributed by atoms with van der Waals surface area (Å²) in [6.45, 7) is 4.79. The summed E-state index contributed by atoms with van der Waals surface area (Å²) in [6.07, 6.45) is -3.59. The second-order valence-electron chi connectivity index (χ2n) is 7.79. The highest BCUT2D eigenvalue weighted by Gasteiger charge is 2.50. The first-order chi connectivity index (χ1) is 12.5. The maximum Gasteiger partial charge on any atom is 0.157 e. The van der Waals surface area contributed by atoms with Crippen LogP contribution in [0.2, 0.25) is 0 Å². The minimum atomic E-state index is -1.79. The Kier molecular flexibility index (Phi) is 9.15. The van der Waals surface area contributed by atoms with E-state index < -0.39 is 48.7 Å². The Labute approximate surface area is 155 Å². The van der Waals surface area contributed by atoms with Crippen molar-refractivity contribution in [2.45, 2.75) is 102 Å². The minimum Gasteiger partial charge on any atom is -0.375 e. The van der Waals surface area contributed by atoms with E-state index in [0.717, 1.165) is 25.7 Å². The molecule has 26 heavy (non-hydrogen) atoms. The van der Waals surface area contributed by atoms with Gasteiger partial charge < -0.3 is 9.47 Å². The van der Waals surface area contributed by atoms with Gasteiger partial charge in [0.05, 0.1) is 12.2 Å². The monoisotopic (exact) mass is 382 g/mol. The van der Waals surface area contributed by atoms with Gasteiger partial charge in [-0.2, -0.15) is 0 Å². The molecule has 0 bridgehead atoms. The normalized spacial score (nSPS) is 41.3. The summed E-state index contributed by atoms with van der Waals surface area (Å²) in [5.41, 5.74) is 0. The smallest absolute Gasteiger partial charge is 0.157 e. The van der Waals surface area contributed by atoms with Crippen LogP contribution in [0.4, 0.5) is 17.6 Å². The van der Waals surface area contributed by atoms with Crippen molar-refractivity contribution >= 4 is 0 Å². The van der Waals surface area contributed by atoms with Crippen molar-refractivity contribution in [3.63, 3.8) is 0 Å². The first-order valence-electron chi connectivity index (χ1n) is 10.3. The topological polar surface area (TPSA) is 18.5 Å². The average molecular weight is 382 g/mol. The summed E-state index contributed by atoms with van der Waals surface area (Å²) in [6, 6.07) is 0. The summed E-state index contributed by atoms with van der Waals surface area (Å²) >= 11 is 0. The van der Waals surface area contributed by atoms with Crippen molar-refractivity contribution in [1.82, 2.24) is 0 Å². The molecule has 0 spiro atoms. The van der Waals surface area contributed by atoms with Gasteiger partial charge in [0, 0.05) is 13.2 Å². The molecule has 2 nitrogen and oxygen atoms in total. The van der Waals surface area contributed by atoms with Crippen molar-refractivity contribution in [3.8, 4) is 0 Å². The molecule has 8 atom stereocenters. The molecule has 0 aromatic rings. The second kappa shape index (κ2) is 10.8. The third kappa shape index (κ3) is 5.34. The first kappa shape index (κ1) is 21.9. The Morgan fingerprint density at radius 3 is 1.58 bits per heavy atom. The lowest BCUT2D eigenvalue weighted by Crippen LogP contribution is -2.51. The Bertz CT molecular complexity index is 398. The SMILES string of the molecule is CCCCCOC1CCC(C2CCC(OCCC)C(F)C2F)C(F)C1F. The second-order valence-corrected chi connectivity index (χ2v) is 7.79. The summed E-state index contributed by atoms with van der Waals surface area (Å²) < 4.78 is 69.0. The Morgan fingerprint density at radius 1 is 0.615 bits per heavy atom. The zero-order chi connectivity index (χ0) is 19.1. The van der Waals surface area contributed by atoms with E-state index in [9.17, 15) is 17.6 Å². The molecule has 2 saturated carbocycles. The highest BCUT2D eigenvalue weighted by molar-refractivity contribution is 4.98. The van der Waals surface area contributed by atoms with Gasteiger partial charge in [-0.15, -0.1) is 0 Å². The highest BCUT2D eigenvalue weighted by atomic mass is 19.2. The largest absolute Gasteiger partial charge is 0.375 e. The summed E-state index contributed by atoms with van der Waals surface area (Å²) in [7, 11) is 0. The van der Waals surface area contributed by atoms with E-state index in [4.69, 9.17) is 9.47 Å². The van der Waals surface area contributed by atoms with Crippen LogP contribution in [-0.4, -0.2) is 50.1 Å². The molecule has 0 heterocycles. The number of hydrogen-bond donors (Lipinski definition) is 0. The molecule has 0 radical (unpaired) electrons. The van der Waals surface area contributed by atoms with Crippen LogP contribution in [0, 0.1) is 11.8 Å². The molecule has 0 saturated heterocycles. The predicted octanol–water partition coefficient (Wildman–Crippen LogP) is 5.53. The zero-order valence-corrected chi connectivity index (χ0v) is 16.0. The fourth-order valence-electron chi connectivity index (χ4n) is 4.34. The Hall–Kier alpha value is -0.360. The molecule has 6 heteroatoms.